The summed E-state index contributed by atoms with van der Waals surface area (Å²) in [6.07, 6.45) is -1.19. The number of aliphatic hydroxyl groups is 2. The smallest absolute Gasteiger partial charge is 0.306 e. The zero-order chi connectivity index (χ0) is 14.7. The van der Waals surface area contributed by atoms with E-state index in [2.05, 4.69) is 5.32 Å². The first kappa shape index (κ1) is 14.5. The molecular weight excluding hydrogens is 262 g/mol. The van der Waals surface area contributed by atoms with Crippen LogP contribution in [0.2, 0.25) is 0 Å². The molecule has 0 aromatic heterocycles. The highest BCUT2D eigenvalue weighted by Gasteiger charge is 2.24. The van der Waals surface area contributed by atoms with Gasteiger partial charge in [0, 0.05) is 11.6 Å². The highest BCUT2D eigenvalue weighted by molar-refractivity contribution is 5.94. The number of carboxylic acids is 1. The van der Waals surface area contributed by atoms with Gasteiger partial charge in [-0.15, -0.1) is 0 Å². The number of aliphatic carboxylic acids is 1. The Labute approximate surface area is 116 Å². The van der Waals surface area contributed by atoms with Crippen molar-refractivity contribution < 1.29 is 24.9 Å². The molecule has 6 nitrogen and oxygen atoms in total. The molecule has 4 N–H and O–H groups in total. The zero-order valence-corrected chi connectivity index (χ0v) is 10.8. The topological polar surface area (TPSA) is 107 Å². The van der Waals surface area contributed by atoms with E-state index in [1.165, 1.54) is 12.1 Å². The average Bonchev–Trinajstić information content (AvgIpc) is 3.21. The van der Waals surface area contributed by atoms with Gasteiger partial charge in [-0.05, 0) is 30.5 Å². The van der Waals surface area contributed by atoms with Crippen molar-refractivity contribution in [2.24, 2.45) is 0 Å². The van der Waals surface area contributed by atoms with Crippen LogP contribution < -0.4 is 5.32 Å². The van der Waals surface area contributed by atoms with Crippen LogP contribution in [-0.2, 0) is 4.79 Å². The minimum absolute atomic E-state index is 0.167. The molecule has 2 atom stereocenters. The number of hydrogen-bond donors (Lipinski definition) is 4. The molecule has 0 saturated heterocycles. The third-order valence-corrected chi connectivity index (χ3v) is 3.18. The van der Waals surface area contributed by atoms with Gasteiger partial charge >= 0.3 is 5.97 Å². The lowest BCUT2D eigenvalue weighted by Gasteiger charge is -2.16. The van der Waals surface area contributed by atoms with Gasteiger partial charge in [-0.25, -0.2) is 0 Å². The fourth-order valence-corrected chi connectivity index (χ4v) is 1.84. The normalized spacial score (nSPS) is 17.3. The molecule has 6 heteroatoms. The summed E-state index contributed by atoms with van der Waals surface area (Å²) in [6, 6.07) is 6.38. The van der Waals surface area contributed by atoms with E-state index in [0.717, 1.165) is 12.8 Å². The van der Waals surface area contributed by atoms with Gasteiger partial charge in [0.05, 0.1) is 12.5 Å². The number of carboxylic acid groups (broad SMARTS) is 1. The van der Waals surface area contributed by atoms with Crippen molar-refractivity contribution in [3.63, 3.8) is 0 Å². The van der Waals surface area contributed by atoms with Crippen molar-refractivity contribution in [3.8, 4) is 0 Å². The number of rotatable bonds is 6. The van der Waals surface area contributed by atoms with Gasteiger partial charge < -0.3 is 20.6 Å². The summed E-state index contributed by atoms with van der Waals surface area (Å²) in [4.78, 5) is 22.2. The molecule has 1 aliphatic carbocycles. The van der Waals surface area contributed by atoms with Crippen molar-refractivity contribution in [1.29, 1.82) is 0 Å². The maximum Gasteiger partial charge on any atom is 0.306 e. The van der Waals surface area contributed by atoms with Crippen LogP contribution in [0.5, 0.6) is 0 Å². The monoisotopic (exact) mass is 279 g/mol. The Morgan fingerprint density at radius 2 is 1.80 bits per heavy atom. The highest BCUT2D eigenvalue weighted by atomic mass is 16.4. The lowest BCUT2D eigenvalue weighted by molar-refractivity contribution is -0.141. The number of benzene rings is 1. The number of nitrogens with one attached hydrogen (secondary N) is 1. The molecule has 0 heterocycles. The molecule has 0 spiro atoms. The van der Waals surface area contributed by atoms with Crippen molar-refractivity contribution in [3.05, 3.63) is 35.4 Å². The predicted molar refractivity (Wildman–Crippen MR) is 70.1 cm³/mol. The predicted octanol–water partition coefficient (Wildman–Crippen LogP) is 0.448. The molecule has 0 aliphatic heterocycles. The Kier molecular flexibility index (Phi) is 4.36. The lowest BCUT2D eigenvalue weighted by Crippen LogP contribution is -2.25. The van der Waals surface area contributed by atoms with Crippen LogP contribution in [-0.4, -0.2) is 39.3 Å². The summed E-state index contributed by atoms with van der Waals surface area (Å²) in [5.74, 6) is -1.35. The highest BCUT2D eigenvalue weighted by Crippen LogP contribution is 2.21. The largest absolute Gasteiger partial charge is 0.481 e. The second-order valence-electron chi connectivity index (χ2n) is 4.98. The van der Waals surface area contributed by atoms with Crippen molar-refractivity contribution in [2.45, 2.75) is 37.5 Å². The molecule has 108 valence electrons. The van der Waals surface area contributed by atoms with Crippen molar-refractivity contribution in [1.82, 2.24) is 5.32 Å². The Morgan fingerprint density at radius 1 is 1.20 bits per heavy atom. The zero-order valence-electron chi connectivity index (χ0n) is 10.8. The average molecular weight is 279 g/mol. The fourth-order valence-electron chi connectivity index (χ4n) is 1.84. The molecular formula is C14H17NO5. The van der Waals surface area contributed by atoms with E-state index >= 15 is 0 Å². The molecule has 0 bridgehead atoms. The Balaban J connectivity index is 1.99. The summed E-state index contributed by atoms with van der Waals surface area (Å²) in [5.41, 5.74) is 0.849. The summed E-state index contributed by atoms with van der Waals surface area (Å²) in [7, 11) is 0. The third-order valence-electron chi connectivity index (χ3n) is 3.18. The first-order chi connectivity index (χ1) is 9.47. The van der Waals surface area contributed by atoms with E-state index in [1.54, 1.807) is 12.1 Å². The first-order valence-corrected chi connectivity index (χ1v) is 6.46. The molecule has 20 heavy (non-hydrogen) atoms. The van der Waals surface area contributed by atoms with E-state index in [9.17, 15) is 19.8 Å². The van der Waals surface area contributed by atoms with Crippen LogP contribution in [0.25, 0.3) is 0 Å². The summed E-state index contributed by atoms with van der Waals surface area (Å²) in [5, 5.41) is 30.7. The molecule has 1 aromatic rings. The van der Waals surface area contributed by atoms with E-state index < -0.39 is 24.6 Å². The number of carbonyl (C=O) groups excluding carboxylic acids is 1. The lowest BCUT2D eigenvalue weighted by atomic mass is 10.0. The van der Waals surface area contributed by atoms with Crippen LogP contribution in [0.3, 0.4) is 0 Å². The van der Waals surface area contributed by atoms with Gasteiger partial charge in [-0.1, -0.05) is 12.1 Å². The first-order valence-electron chi connectivity index (χ1n) is 6.46. The number of aliphatic hydroxyl groups excluding tert-OH is 2. The molecule has 1 aromatic carbocycles. The van der Waals surface area contributed by atoms with Crippen molar-refractivity contribution in [2.75, 3.05) is 0 Å². The maximum absolute atomic E-state index is 11.8. The summed E-state index contributed by atoms with van der Waals surface area (Å²) in [6.45, 7) is 0. The molecule has 1 amide bonds. The molecule has 1 fully saturated rings. The van der Waals surface area contributed by atoms with E-state index in [-0.39, 0.29) is 11.9 Å². The van der Waals surface area contributed by atoms with Gasteiger partial charge in [-0.2, -0.15) is 0 Å². The summed E-state index contributed by atoms with van der Waals surface area (Å²) >= 11 is 0. The Bertz CT molecular complexity index is 495. The third kappa shape index (κ3) is 3.79. The molecule has 1 saturated carbocycles. The minimum Gasteiger partial charge on any atom is -0.481 e. The second-order valence-corrected chi connectivity index (χ2v) is 4.98. The van der Waals surface area contributed by atoms with Crippen LogP contribution in [0.1, 0.15) is 41.3 Å². The van der Waals surface area contributed by atoms with Crippen LogP contribution >= 0.6 is 0 Å². The van der Waals surface area contributed by atoms with Gasteiger partial charge in [0.2, 0.25) is 0 Å². The van der Waals surface area contributed by atoms with Gasteiger partial charge in [-0.3, -0.25) is 9.59 Å². The van der Waals surface area contributed by atoms with E-state index in [1.807, 2.05) is 0 Å². The second kappa shape index (κ2) is 6.02. The van der Waals surface area contributed by atoms with Crippen LogP contribution in [0, 0.1) is 0 Å². The molecule has 0 radical (unpaired) electrons. The molecule has 2 rings (SSSR count). The summed E-state index contributed by atoms with van der Waals surface area (Å²) < 4.78 is 0. The molecule has 1 aliphatic rings. The number of amides is 1. The number of hydrogen-bond acceptors (Lipinski definition) is 4. The molecule has 2 unspecified atom stereocenters. The van der Waals surface area contributed by atoms with Crippen LogP contribution in [0.4, 0.5) is 0 Å². The van der Waals surface area contributed by atoms with Crippen LogP contribution in [0.15, 0.2) is 24.3 Å². The standard InChI is InChI=1S/C14H17NO5/c16-11(7-12(17)18)13(19)8-1-3-9(4-2-8)14(20)15-10-5-6-10/h1-4,10-11,13,16,19H,5-7H2,(H,15,20)(H,17,18). The Morgan fingerprint density at radius 3 is 2.30 bits per heavy atom. The SMILES string of the molecule is O=C(O)CC(O)C(O)c1ccc(C(=O)NC2CC2)cc1. The Hall–Kier alpha value is -1.92. The van der Waals surface area contributed by atoms with E-state index in [4.69, 9.17) is 5.11 Å². The van der Waals surface area contributed by atoms with Crippen molar-refractivity contribution >= 4 is 11.9 Å². The quantitative estimate of drug-likeness (QED) is 0.605. The van der Waals surface area contributed by atoms with Gasteiger partial charge in [0.25, 0.3) is 5.91 Å². The van der Waals surface area contributed by atoms with Gasteiger partial charge in [0.1, 0.15) is 6.10 Å². The minimum atomic E-state index is -1.38. The maximum atomic E-state index is 11.8. The number of carbonyl (C=O) groups is 2. The van der Waals surface area contributed by atoms with E-state index in [0.29, 0.717) is 11.1 Å². The fraction of sp³-hybridized carbons (Fsp3) is 0.429. The van der Waals surface area contributed by atoms with Gasteiger partial charge in [0.15, 0.2) is 0 Å².